The van der Waals surface area contributed by atoms with Crippen molar-refractivity contribution in [2.24, 2.45) is 5.41 Å². The summed E-state index contributed by atoms with van der Waals surface area (Å²) in [6.45, 7) is 3.27. The van der Waals surface area contributed by atoms with Gasteiger partial charge < -0.3 is 5.32 Å². The van der Waals surface area contributed by atoms with Crippen LogP contribution in [-0.4, -0.2) is 38.9 Å². The monoisotopic (exact) mass is 314 g/mol. The second-order valence-electron chi connectivity index (χ2n) is 5.79. The van der Waals surface area contributed by atoms with E-state index in [0.29, 0.717) is 23.0 Å². The van der Waals surface area contributed by atoms with Crippen LogP contribution >= 0.6 is 11.6 Å². The lowest BCUT2D eigenvalue weighted by Crippen LogP contribution is -2.39. The van der Waals surface area contributed by atoms with Gasteiger partial charge in [0.15, 0.2) is 0 Å². The van der Waals surface area contributed by atoms with Gasteiger partial charge in [-0.15, -0.1) is 0 Å². The smallest absolute Gasteiger partial charge is 0.243 e. The number of sulfonamides is 1. The van der Waals surface area contributed by atoms with Gasteiger partial charge >= 0.3 is 0 Å². The molecule has 2 aliphatic heterocycles. The molecule has 4 nitrogen and oxygen atoms in total. The average molecular weight is 315 g/mol. The second kappa shape index (κ2) is 5.30. The van der Waals surface area contributed by atoms with E-state index in [9.17, 15) is 8.42 Å². The molecule has 0 bridgehead atoms. The maximum Gasteiger partial charge on any atom is 0.243 e. The van der Waals surface area contributed by atoms with E-state index in [-0.39, 0.29) is 5.41 Å². The molecule has 1 aromatic rings. The average Bonchev–Trinajstić information content (AvgIpc) is 2.85. The molecule has 2 saturated heterocycles. The first-order valence-corrected chi connectivity index (χ1v) is 8.80. The summed E-state index contributed by atoms with van der Waals surface area (Å²) in [6, 6.07) is 6.44. The minimum Gasteiger partial charge on any atom is -0.317 e. The van der Waals surface area contributed by atoms with Crippen molar-refractivity contribution in [3.8, 4) is 0 Å². The Labute approximate surface area is 125 Å². The predicted octanol–water partition coefficient (Wildman–Crippen LogP) is 2.10. The van der Waals surface area contributed by atoms with E-state index in [1.165, 1.54) is 0 Å². The molecule has 1 spiro atoms. The van der Waals surface area contributed by atoms with Crippen molar-refractivity contribution in [2.75, 3.05) is 26.2 Å². The minimum absolute atomic E-state index is 0.185. The van der Waals surface area contributed by atoms with Crippen molar-refractivity contribution in [3.63, 3.8) is 0 Å². The minimum atomic E-state index is -3.38. The van der Waals surface area contributed by atoms with Gasteiger partial charge in [0.05, 0.1) is 4.90 Å². The first kappa shape index (κ1) is 14.3. The lowest BCUT2D eigenvalue weighted by molar-refractivity contribution is 0.218. The molecule has 2 fully saturated rings. The molecule has 2 aliphatic rings. The van der Waals surface area contributed by atoms with Gasteiger partial charge in [-0.1, -0.05) is 11.6 Å². The molecular weight excluding hydrogens is 296 g/mol. The van der Waals surface area contributed by atoms with E-state index in [0.717, 1.165) is 32.4 Å². The lowest BCUT2D eigenvalue weighted by Gasteiger charge is -2.33. The zero-order chi connectivity index (χ0) is 14.2. The molecular formula is C14H19ClN2O2S. The van der Waals surface area contributed by atoms with E-state index < -0.39 is 10.0 Å². The molecule has 0 atom stereocenters. The van der Waals surface area contributed by atoms with Crippen molar-refractivity contribution in [3.05, 3.63) is 29.3 Å². The molecule has 0 unspecified atom stereocenters. The van der Waals surface area contributed by atoms with Crippen molar-refractivity contribution in [1.29, 1.82) is 0 Å². The van der Waals surface area contributed by atoms with E-state index >= 15 is 0 Å². The maximum absolute atomic E-state index is 12.6. The molecule has 0 radical (unpaired) electrons. The standard InChI is InChI=1S/C14H19ClN2O2S/c15-12-1-3-13(4-2-12)20(18,19)17-10-7-14(11-17)5-8-16-9-6-14/h1-4,16H,5-11H2. The second-order valence-corrected chi connectivity index (χ2v) is 8.17. The normalized spacial score (nSPS) is 23.2. The Morgan fingerprint density at radius 3 is 2.40 bits per heavy atom. The fraction of sp³-hybridized carbons (Fsp3) is 0.571. The highest BCUT2D eigenvalue weighted by molar-refractivity contribution is 7.89. The third-order valence-corrected chi connectivity index (χ3v) is 6.63. The molecule has 20 heavy (non-hydrogen) atoms. The Morgan fingerprint density at radius 1 is 1.10 bits per heavy atom. The van der Waals surface area contributed by atoms with Crippen LogP contribution in [0.5, 0.6) is 0 Å². The lowest BCUT2D eigenvalue weighted by atomic mass is 9.78. The number of nitrogens with one attached hydrogen (secondary N) is 1. The van der Waals surface area contributed by atoms with Gasteiger partial charge in [-0.2, -0.15) is 4.31 Å². The Balaban J connectivity index is 1.81. The fourth-order valence-electron chi connectivity index (χ4n) is 3.22. The van der Waals surface area contributed by atoms with Crippen molar-refractivity contribution in [1.82, 2.24) is 9.62 Å². The molecule has 2 heterocycles. The van der Waals surface area contributed by atoms with Crippen LogP contribution in [0.1, 0.15) is 19.3 Å². The summed E-state index contributed by atoms with van der Waals surface area (Å²) in [5.74, 6) is 0. The number of hydrogen-bond acceptors (Lipinski definition) is 3. The third-order valence-electron chi connectivity index (χ3n) is 4.52. The Bertz CT molecular complexity index is 580. The molecule has 3 rings (SSSR count). The Hall–Kier alpha value is -0.620. The zero-order valence-electron chi connectivity index (χ0n) is 11.3. The summed E-state index contributed by atoms with van der Waals surface area (Å²) in [4.78, 5) is 0.341. The van der Waals surface area contributed by atoms with Gasteiger partial charge in [-0.05, 0) is 62.0 Å². The largest absolute Gasteiger partial charge is 0.317 e. The van der Waals surface area contributed by atoms with Crippen LogP contribution < -0.4 is 5.32 Å². The van der Waals surface area contributed by atoms with Gasteiger partial charge in [-0.25, -0.2) is 8.42 Å². The molecule has 1 aromatic carbocycles. The molecule has 0 aromatic heterocycles. The molecule has 110 valence electrons. The summed E-state index contributed by atoms with van der Waals surface area (Å²) in [5.41, 5.74) is 0.185. The van der Waals surface area contributed by atoms with Gasteiger partial charge in [0.2, 0.25) is 10.0 Å². The number of rotatable bonds is 2. The van der Waals surface area contributed by atoms with E-state index in [4.69, 9.17) is 11.6 Å². The SMILES string of the molecule is O=S(=O)(c1ccc(Cl)cc1)N1CCC2(CCNCC2)C1. The summed E-state index contributed by atoms with van der Waals surface area (Å²) < 4.78 is 26.9. The summed E-state index contributed by atoms with van der Waals surface area (Å²) >= 11 is 5.82. The number of benzene rings is 1. The molecule has 1 N–H and O–H groups in total. The van der Waals surface area contributed by atoms with Crippen LogP contribution in [0.2, 0.25) is 5.02 Å². The van der Waals surface area contributed by atoms with Gasteiger partial charge in [-0.3, -0.25) is 0 Å². The molecule has 0 amide bonds. The number of nitrogens with zero attached hydrogens (tertiary/aromatic N) is 1. The van der Waals surface area contributed by atoms with E-state index in [2.05, 4.69) is 5.32 Å². The summed E-state index contributed by atoms with van der Waals surface area (Å²) in [7, 11) is -3.38. The van der Waals surface area contributed by atoms with Gasteiger partial charge in [0.1, 0.15) is 0 Å². The molecule has 0 aliphatic carbocycles. The van der Waals surface area contributed by atoms with Crippen LogP contribution in [0.15, 0.2) is 29.2 Å². The van der Waals surface area contributed by atoms with E-state index in [1.807, 2.05) is 0 Å². The summed E-state index contributed by atoms with van der Waals surface area (Å²) in [5, 5.41) is 3.90. The predicted molar refractivity (Wildman–Crippen MR) is 79.4 cm³/mol. The number of halogens is 1. The highest BCUT2D eigenvalue weighted by Crippen LogP contribution is 2.40. The maximum atomic E-state index is 12.6. The zero-order valence-corrected chi connectivity index (χ0v) is 12.9. The highest BCUT2D eigenvalue weighted by atomic mass is 35.5. The quantitative estimate of drug-likeness (QED) is 0.909. The van der Waals surface area contributed by atoms with Crippen molar-refractivity contribution in [2.45, 2.75) is 24.2 Å². The van der Waals surface area contributed by atoms with Crippen LogP contribution in [-0.2, 0) is 10.0 Å². The van der Waals surface area contributed by atoms with Crippen LogP contribution in [0, 0.1) is 5.41 Å². The number of piperidine rings is 1. The first-order chi connectivity index (χ1) is 9.52. The van der Waals surface area contributed by atoms with Gasteiger partial charge in [0.25, 0.3) is 0 Å². The number of hydrogen-bond donors (Lipinski definition) is 1. The van der Waals surface area contributed by atoms with Crippen molar-refractivity contribution < 1.29 is 8.42 Å². The van der Waals surface area contributed by atoms with Crippen LogP contribution in [0.4, 0.5) is 0 Å². The van der Waals surface area contributed by atoms with Gasteiger partial charge in [0, 0.05) is 18.1 Å². The summed E-state index contributed by atoms with van der Waals surface area (Å²) in [6.07, 6.45) is 3.11. The topological polar surface area (TPSA) is 49.4 Å². The molecule has 6 heteroatoms. The first-order valence-electron chi connectivity index (χ1n) is 6.98. The molecule has 0 saturated carbocycles. The highest BCUT2D eigenvalue weighted by Gasteiger charge is 2.43. The van der Waals surface area contributed by atoms with Crippen LogP contribution in [0.3, 0.4) is 0 Å². The van der Waals surface area contributed by atoms with Crippen molar-refractivity contribution >= 4 is 21.6 Å². The fourth-order valence-corrected chi connectivity index (χ4v) is 4.90. The Kier molecular flexibility index (Phi) is 3.79. The Morgan fingerprint density at radius 2 is 1.75 bits per heavy atom. The van der Waals surface area contributed by atoms with E-state index in [1.54, 1.807) is 28.6 Å². The third kappa shape index (κ3) is 2.60. The van der Waals surface area contributed by atoms with Crippen LogP contribution in [0.25, 0.3) is 0 Å².